The van der Waals surface area contributed by atoms with E-state index < -0.39 is 0 Å². The summed E-state index contributed by atoms with van der Waals surface area (Å²) in [6, 6.07) is 22.7. The van der Waals surface area contributed by atoms with Crippen LogP contribution in [0.4, 0.5) is 5.69 Å². The number of nitrogens with one attached hydrogen (secondary N) is 1. The van der Waals surface area contributed by atoms with Crippen molar-refractivity contribution in [1.29, 1.82) is 0 Å². The minimum atomic E-state index is -0.0670. The SMILES string of the molecule is Cc1ccc(N2C(=S)N[C@H](c3ccccn3)[C@H]2c2cccn2Cc2ccccn2)cc1C. The second kappa shape index (κ2) is 8.55. The zero-order valence-electron chi connectivity index (χ0n) is 18.1. The van der Waals surface area contributed by atoms with Gasteiger partial charge in [0.2, 0.25) is 0 Å². The molecule has 0 unspecified atom stereocenters. The fourth-order valence-electron chi connectivity index (χ4n) is 4.31. The maximum absolute atomic E-state index is 5.87. The number of pyridine rings is 2. The molecule has 4 heterocycles. The topological polar surface area (TPSA) is 46.0 Å². The van der Waals surface area contributed by atoms with E-state index in [1.165, 1.54) is 11.1 Å². The van der Waals surface area contributed by atoms with Gasteiger partial charge in [0.05, 0.1) is 24.0 Å². The van der Waals surface area contributed by atoms with Crippen molar-refractivity contribution in [3.8, 4) is 0 Å². The summed E-state index contributed by atoms with van der Waals surface area (Å²) in [5.41, 5.74) is 6.75. The van der Waals surface area contributed by atoms with Crippen LogP contribution in [-0.4, -0.2) is 19.6 Å². The molecule has 0 saturated carbocycles. The highest BCUT2D eigenvalue weighted by molar-refractivity contribution is 7.80. The summed E-state index contributed by atoms with van der Waals surface area (Å²) < 4.78 is 2.26. The Labute approximate surface area is 193 Å². The fourth-order valence-corrected chi connectivity index (χ4v) is 4.66. The number of anilines is 1. The van der Waals surface area contributed by atoms with Crippen LogP contribution in [0, 0.1) is 13.8 Å². The van der Waals surface area contributed by atoms with Gasteiger partial charge in [-0.05, 0) is 85.7 Å². The van der Waals surface area contributed by atoms with E-state index in [1.54, 1.807) is 0 Å². The Morgan fingerprint density at radius 1 is 0.906 bits per heavy atom. The maximum atomic E-state index is 5.87. The Kier molecular flexibility index (Phi) is 5.45. The molecule has 0 amide bonds. The number of aromatic nitrogens is 3. The molecule has 1 N–H and O–H groups in total. The van der Waals surface area contributed by atoms with Gasteiger partial charge in [-0.2, -0.15) is 0 Å². The van der Waals surface area contributed by atoms with Gasteiger partial charge < -0.3 is 14.8 Å². The normalized spacial score (nSPS) is 18.1. The number of aryl methyl sites for hydroxylation is 2. The fraction of sp³-hybridized carbons (Fsp3) is 0.192. The Morgan fingerprint density at radius 2 is 1.72 bits per heavy atom. The Hall–Kier alpha value is -3.51. The summed E-state index contributed by atoms with van der Waals surface area (Å²) in [5.74, 6) is 0. The first-order chi connectivity index (χ1) is 15.6. The van der Waals surface area contributed by atoms with Crippen LogP contribution in [0.3, 0.4) is 0 Å². The average molecular weight is 440 g/mol. The number of benzene rings is 1. The summed E-state index contributed by atoms with van der Waals surface area (Å²) in [6.07, 6.45) is 5.78. The standard InChI is InChI=1S/C26H25N5S/c1-18-11-12-21(16-19(18)2)31-25(24(29-26(31)32)22-9-4-6-14-28-22)23-10-7-15-30(23)17-20-8-3-5-13-27-20/h3-16,24-25H,17H2,1-2H3,(H,29,32)/t24-,25-/m1/s1. The van der Waals surface area contributed by atoms with Crippen molar-refractivity contribution in [2.24, 2.45) is 0 Å². The molecule has 6 heteroatoms. The zero-order chi connectivity index (χ0) is 22.1. The van der Waals surface area contributed by atoms with E-state index in [1.807, 2.05) is 36.7 Å². The van der Waals surface area contributed by atoms with Gasteiger partial charge in [-0.15, -0.1) is 0 Å². The summed E-state index contributed by atoms with van der Waals surface area (Å²) >= 11 is 5.87. The molecule has 0 aliphatic carbocycles. The van der Waals surface area contributed by atoms with Crippen LogP contribution >= 0.6 is 12.2 Å². The lowest BCUT2D eigenvalue weighted by molar-refractivity contribution is 0.532. The molecule has 1 aliphatic rings. The molecule has 0 spiro atoms. The van der Waals surface area contributed by atoms with Crippen molar-refractivity contribution < 1.29 is 0 Å². The Morgan fingerprint density at radius 3 is 2.44 bits per heavy atom. The molecule has 5 nitrogen and oxygen atoms in total. The first-order valence-electron chi connectivity index (χ1n) is 10.7. The van der Waals surface area contributed by atoms with Crippen molar-refractivity contribution in [3.63, 3.8) is 0 Å². The van der Waals surface area contributed by atoms with Crippen LogP contribution in [0.15, 0.2) is 85.3 Å². The quantitative estimate of drug-likeness (QED) is 0.437. The minimum absolute atomic E-state index is 0.0433. The summed E-state index contributed by atoms with van der Waals surface area (Å²) in [6.45, 7) is 4.97. The van der Waals surface area contributed by atoms with E-state index in [0.717, 1.165) is 22.8 Å². The van der Waals surface area contributed by atoms with Crippen LogP contribution in [-0.2, 0) is 6.54 Å². The first kappa shape index (κ1) is 20.4. The van der Waals surface area contributed by atoms with E-state index in [4.69, 9.17) is 12.2 Å². The highest BCUT2D eigenvalue weighted by Gasteiger charge is 2.42. The third-order valence-electron chi connectivity index (χ3n) is 6.09. The van der Waals surface area contributed by atoms with Crippen molar-refractivity contribution >= 4 is 23.0 Å². The molecular weight excluding hydrogens is 414 g/mol. The Bertz CT molecular complexity index is 1240. The molecule has 0 radical (unpaired) electrons. The summed E-state index contributed by atoms with van der Waals surface area (Å²) in [5, 5.41) is 4.26. The van der Waals surface area contributed by atoms with Crippen LogP contribution in [0.5, 0.6) is 0 Å². The average Bonchev–Trinajstić information content (AvgIpc) is 3.40. The predicted octanol–water partition coefficient (Wildman–Crippen LogP) is 5.12. The van der Waals surface area contributed by atoms with E-state index in [0.29, 0.717) is 11.7 Å². The van der Waals surface area contributed by atoms with Gasteiger partial charge in [-0.3, -0.25) is 9.97 Å². The minimum Gasteiger partial charge on any atom is -0.351 e. The van der Waals surface area contributed by atoms with E-state index in [2.05, 4.69) is 87.3 Å². The number of hydrogen-bond donors (Lipinski definition) is 1. The van der Waals surface area contributed by atoms with Gasteiger partial charge in [0, 0.05) is 30.0 Å². The highest BCUT2D eigenvalue weighted by Crippen LogP contribution is 2.42. The number of nitrogens with zero attached hydrogens (tertiary/aromatic N) is 4. The molecule has 1 aromatic carbocycles. The molecule has 4 aromatic rings. The van der Waals surface area contributed by atoms with E-state index in [-0.39, 0.29) is 12.1 Å². The van der Waals surface area contributed by atoms with Crippen molar-refractivity contribution in [3.05, 3.63) is 114 Å². The van der Waals surface area contributed by atoms with Crippen LogP contribution < -0.4 is 10.2 Å². The largest absolute Gasteiger partial charge is 0.351 e. The second-order valence-corrected chi connectivity index (χ2v) is 8.53. The van der Waals surface area contributed by atoms with Crippen molar-refractivity contribution in [2.45, 2.75) is 32.5 Å². The van der Waals surface area contributed by atoms with Gasteiger partial charge in [0.25, 0.3) is 0 Å². The van der Waals surface area contributed by atoms with Gasteiger partial charge in [-0.1, -0.05) is 18.2 Å². The number of rotatable bonds is 5. The molecule has 0 bridgehead atoms. The maximum Gasteiger partial charge on any atom is 0.174 e. The van der Waals surface area contributed by atoms with E-state index in [9.17, 15) is 0 Å². The molecule has 2 atom stereocenters. The lowest BCUT2D eigenvalue weighted by Gasteiger charge is -2.29. The van der Waals surface area contributed by atoms with Gasteiger partial charge in [0.15, 0.2) is 5.11 Å². The van der Waals surface area contributed by atoms with Gasteiger partial charge in [-0.25, -0.2) is 0 Å². The molecule has 160 valence electrons. The van der Waals surface area contributed by atoms with Crippen LogP contribution in [0.25, 0.3) is 0 Å². The Balaban J connectivity index is 1.61. The van der Waals surface area contributed by atoms with Crippen LogP contribution in [0.2, 0.25) is 0 Å². The third kappa shape index (κ3) is 3.78. The van der Waals surface area contributed by atoms with Gasteiger partial charge in [0.1, 0.15) is 6.04 Å². The smallest absolute Gasteiger partial charge is 0.174 e. The predicted molar refractivity (Wildman–Crippen MR) is 132 cm³/mol. The molecule has 1 fully saturated rings. The molecular formula is C26H25N5S. The summed E-state index contributed by atoms with van der Waals surface area (Å²) in [4.78, 5) is 11.4. The molecule has 1 aliphatic heterocycles. The second-order valence-electron chi connectivity index (χ2n) is 8.15. The molecule has 3 aromatic heterocycles. The van der Waals surface area contributed by atoms with Crippen molar-refractivity contribution in [1.82, 2.24) is 19.9 Å². The van der Waals surface area contributed by atoms with Gasteiger partial charge >= 0.3 is 0 Å². The third-order valence-corrected chi connectivity index (χ3v) is 6.41. The lowest BCUT2D eigenvalue weighted by atomic mass is 10.00. The number of thiocarbonyl (C=S) groups is 1. The molecule has 1 saturated heterocycles. The lowest BCUT2D eigenvalue weighted by Crippen LogP contribution is -2.30. The van der Waals surface area contributed by atoms with Crippen molar-refractivity contribution in [2.75, 3.05) is 4.90 Å². The molecule has 5 rings (SSSR count). The first-order valence-corrected chi connectivity index (χ1v) is 11.2. The highest BCUT2D eigenvalue weighted by atomic mass is 32.1. The monoisotopic (exact) mass is 439 g/mol. The molecule has 32 heavy (non-hydrogen) atoms. The number of hydrogen-bond acceptors (Lipinski definition) is 3. The van der Waals surface area contributed by atoms with Crippen LogP contribution in [0.1, 0.15) is 40.3 Å². The van der Waals surface area contributed by atoms with E-state index >= 15 is 0 Å². The summed E-state index contributed by atoms with van der Waals surface area (Å²) in [7, 11) is 0. The zero-order valence-corrected chi connectivity index (χ0v) is 19.0.